The minimum absolute atomic E-state index is 0.237. The van der Waals surface area contributed by atoms with Crippen molar-refractivity contribution in [1.29, 1.82) is 0 Å². The quantitative estimate of drug-likeness (QED) is 0.216. The van der Waals surface area contributed by atoms with Crippen molar-refractivity contribution in [2.45, 2.75) is 6.92 Å². The molecule has 0 saturated heterocycles. The topological polar surface area (TPSA) is 51.0 Å². The van der Waals surface area contributed by atoms with Crippen LogP contribution in [0.3, 0.4) is 0 Å². The van der Waals surface area contributed by atoms with Crippen molar-refractivity contribution in [3.05, 3.63) is 5.22 Å². The standard InChI is InChI=1S/C4H6ClNO3/c1-2-8-9-4(5)3-6-7/h7H,2H2,1H3. The molecule has 0 aromatic carbocycles. The SMILES string of the molecule is CCOOC(Cl)=C=NO. The van der Waals surface area contributed by atoms with Gasteiger partial charge >= 0.3 is 0 Å². The minimum atomic E-state index is -0.237. The van der Waals surface area contributed by atoms with E-state index in [0.717, 1.165) is 0 Å². The van der Waals surface area contributed by atoms with Crippen molar-refractivity contribution < 1.29 is 15.0 Å². The van der Waals surface area contributed by atoms with E-state index < -0.39 is 0 Å². The molecule has 0 spiro atoms. The molecule has 0 heterocycles. The highest BCUT2D eigenvalue weighted by Crippen LogP contribution is 1.97. The monoisotopic (exact) mass is 151 g/mol. The molecule has 0 aromatic heterocycles. The Morgan fingerprint density at radius 3 is 3.00 bits per heavy atom. The highest BCUT2D eigenvalue weighted by Gasteiger charge is 1.88. The zero-order chi connectivity index (χ0) is 7.11. The summed E-state index contributed by atoms with van der Waals surface area (Å²) < 4.78 is 0. The molecule has 0 aromatic rings. The molecule has 0 aliphatic heterocycles. The first-order chi connectivity index (χ1) is 4.31. The molecule has 1 N–H and O–H groups in total. The average Bonchev–Trinajstić information content (AvgIpc) is 1.85. The maximum Gasteiger partial charge on any atom is 0.297 e. The highest BCUT2D eigenvalue weighted by molar-refractivity contribution is 6.31. The van der Waals surface area contributed by atoms with Crippen LogP contribution in [0.25, 0.3) is 0 Å². The van der Waals surface area contributed by atoms with Gasteiger partial charge in [0.1, 0.15) is 0 Å². The van der Waals surface area contributed by atoms with Crippen LogP contribution >= 0.6 is 11.6 Å². The third-order valence-corrected chi connectivity index (χ3v) is 0.535. The van der Waals surface area contributed by atoms with Gasteiger partial charge in [0, 0.05) is 0 Å². The lowest BCUT2D eigenvalue weighted by Crippen LogP contribution is -1.89. The van der Waals surface area contributed by atoms with Gasteiger partial charge in [-0.3, -0.25) is 0 Å². The first-order valence-corrected chi connectivity index (χ1v) is 2.61. The maximum absolute atomic E-state index is 7.81. The lowest BCUT2D eigenvalue weighted by atomic mass is 10.9. The summed E-state index contributed by atoms with van der Waals surface area (Å²) >= 11 is 5.16. The summed E-state index contributed by atoms with van der Waals surface area (Å²) in [6.45, 7) is 2.09. The Morgan fingerprint density at radius 1 is 1.89 bits per heavy atom. The van der Waals surface area contributed by atoms with Gasteiger partial charge in [-0.15, -0.1) is 0 Å². The van der Waals surface area contributed by atoms with E-state index in [0.29, 0.717) is 6.61 Å². The van der Waals surface area contributed by atoms with Crippen LogP contribution in [0.5, 0.6) is 0 Å². The molecule has 0 rings (SSSR count). The van der Waals surface area contributed by atoms with Crippen LogP contribution in [0.15, 0.2) is 10.4 Å². The summed E-state index contributed by atoms with van der Waals surface area (Å²) in [6, 6.07) is 0. The smallest absolute Gasteiger partial charge is 0.297 e. The Bertz CT molecular complexity index is 130. The van der Waals surface area contributed by atoms with Crippen molar-refractivity contribution in [2.24, 2.45) is 5.16 Å². The van der Waals surface area contributed by atoms with Gasteiger partial charge in [0.2, 0.25) is 0 Å². The summed E-state index contributed by atoms with van der Waals surface area (Å²) in [7, 11) is 0. The lowest BCUT2D eigenvalue weighted by Gasteiger charge is -1.94. The van der Waals surface area contributed by atoms with E-state index in [9.17, 15) is 0 Å². The molecule has 0 bridgehead atoms. The zero-order valence-electron chi connectivity index (χ0n) is 4.80. The van der Waals surface area contributed by atoms with Crippen LogP contribution in [0, 0.1) is 0 Å². The van der Waals surface area contributed by atoms with Gasteiger partial charge in [-0.05, 0) is 23.7 Å². The fraction of sp³-hybridized carbons (Fsp3) is 0.500. The van der Waals surface area contributed by atoms with Crippen LogP contribution in [-0.2, 0) is 9.78 Å². The molecule has 4 nitrogen and oxygen atoms in total. The first kappa shape index (κ1) is 8.30. The zero-order valence-corrected chi connectivity index (χ0v) is 5.55. The van der Waals surface area contributed by atoms with Crippen molar-refractivity contribution >= 4 is 17.5 Å². The Kier molecular flexibility index (Phi) is 5.01. The fourth-order valence-corrected chi connectivity index (χ4v) is 0.251. The number of halogens is 1. The van der Waals surface area contributed by atoms with Crippen LogP contribution in [0.2, 0.25) is 0 Å². The predicted octanol–water partition coefficient (Wildman–Crippen LogP) is 1.09. The third-order valence-electron chi connectivity index (χ3n) is 0.388. The van der Waals surface area contributed by atoms with Gasteiger partial charge in [0.05, 0.1) is 12.5 Å². The molecular weight excluding hydrogens is 146 g/mol. The van der Waals surface area contributed by atoms with Gasteiger partial charge in [-0.2, -0.15) is 4.89 Å². The molecule has 0 atom stereocenters. The van der Waals surface area contributed by atoms with Crippen molar-refractivity contribution in [2.75, 3.05) is 6.61 Å². The van der Waals surface area contributed by atoms with Crippen LogP contribution in [0.1, 0.15) is 6.92 Å². The van der Waals surface area contributed by atoms with Gasteiger partial charge < -0.3 is 10.1 Å². The Hall–Kier alpha value is -0.700. The second-order valence-electron chi connectivity index (χ2n) is 0.975. The Morgan fingerprint density at radius 2 is 2.56 bits per heavy atom. The average molecular weight is 152 g/mol. The highest BCUT2D eigenvalue weighted by atomic mass is 35.5. The summed E-state index contributed by atoms with van der Waals surface area (Å²) in [5, 5.41) is 10.0. The van der Waals surface area contributed by atoms with Crippen molar-refractivity contribution in [1.82, 2.24) is 0 Å². The van der Waals surface area contributed by atoms with Crippen LogP contribution < -0.4 is 0 Å². The van der Waals surface area contributed by atoms with E-state index in [-0.39, 0.29) is 5.22 Å². The first-order valence-electron chi connectivity index (χ1n) is 2.23. The second kappa shape index (κ2) is 5.44. The largest absolute Gasteiger partial charge is 0.404 e. The normalized spacial score (nSPS) is 7.78. The molecule has 0 fully saturated rings. The lowest BCUT2D eigenvalue weighted by molar-refractivity contribution is -0.248. The summed E-state index contributed by atoms with van der Waals surface area (Å²) in [6.07, 6.45) is 0. The maximum atomic E-state index is 7.81. The molecule has 0 radical (unpaired) electrons. The molecule has 0 amide bonds. The molecule has 0 saturated carbocycles. The molecule has 0 aliphatic rings. The molecule has 0 aliphatic carbocycles. The van der Waals surface area contributed by atoms with Gasteiger partial charge in [-0.1, -0.05) is 0 Å². The number of rotatable bonds is 3. The van der Waals surface area contributed by atoms with Crippen molar-refractivity contribution in [3.8, 4) is 0 Å². The second-order valence-corrected chi connectivity index (χ2v) is 1.32. The summed E-state index contributed by atoms with van der Waals surface area (Å²) in [5.74, 6) is 1.90. The van der Waals surface area contributed by atoms with Gasteiger partial charge in [0.25, 0.3) is 5.22 Å². The van der Waals surface area contributed by atoms with Gasteiger partial charge in [-0.25, -0.2) is 0 Å². The van der Waals surface area contributed by atoms with E-state index in [1.165, 1.54) is 0 Å². The van der Waals surface area contributed by atoms with E-state index in [4.69, 9.17) is 16.8 Å². The fourth-order valence-electron chi connectivity index (χ4n) is 0.169. The molecular formula is C4H6ClNO3. The number of hydrogen-bond acceptors (Lipinski definition) is 4. The van der Waals surface area contributed by atoms with Crippen LogP contribution in [0.4, 0.5) is 0 Å². The van der Waals surface area contributed by atoms with E-state index in [1.54, 1.807) is 6.92 Å². The van der Waals surface area contributed by atoms with E-state index >= 15 is 0 Å². The predicted molar refractivity (Wildman–Crippen MR) is 31.3 cm³/mol. The molecule has 52 valence electrons. The molecule has 5 heteroatoms. The summed E-state index contributed by atoms with van der Waals surface area (Å²) in [4.78, 5) is 8.59. The van der Waals surface area contributed by atoms with Gasteiger partial charge in [0.15, 0.2) is 0 Å². The van der Waals surface area contributed by atoms with E-state index in [2.05, 4.69) is 14.9 Å². The Labute approximate surface area is 57.2 Å². The third kappa shape index (κ3) is 5.17. The number of hydrogen-bond donors (Lipinski definition) is 1. The van der Waals surface area contributed by atoms with Crippen LogP contribution in [-0.4, -0.2) is 17.7 Å². The summed E-state index contributed by atoms with van der Waals surface area (Å²) in [5.41, 5.74) is 0. The Balaban J connectivity index is 3.50. The van der Waals surface area contributed by atoms with E-state index in [1.807, 2.05) is 5.87 Å². The number of nitrogens with zero attached hydrogens (tertiary/aromatic N) is 1. The molecule has 0 unspecified atom stereocenters. The minimum Gasteiger partial charge on any atom is -0.404 e. The van der Waals surface area contributed by atoms with Crippen molar-refractivity contribution in [3.63, 3.8) is 0 Å². The molecule has 9 heavy (non-hydrogen) atoms.